The van der Waals surface area contributed by atoms with Crippen LogP contribution in [0.5, 0.6) is 5.75 Å². The number of amides is 1. The molecule has 0 fully saturated rings. The molecule has 0 aliphatic rings. The lowest BCUT2D eigenvalue weighted by molar-refractivity contribution is -0.116. The van der Waals surface area contributed by atoms with Gasteiger partial charge in [-0.05, 0) is 37.0 Å². The van der Waals surface area contributed by atoms with E-state index in [0.717, 1.165) is 17.0 Å². The molecule has 0 aliphatic heterocycles. The first kappa shape index (κ1) is 20.1. The predicted molar refractivity (Wildman–Crippen MR) is 116 cm³/mol. The molecule has 146 valence electrons. The van der Waals surface area contributed by atoms with Crippen molar-refractivity contribution < 1.29 is 9.53 Å². The molecule has 0 radical (unpaired) electrons. The molecule has 4 nitrogen and oxygen atoms in total. The van der Waals surface area contributed by atoms with Crippen LogP contribution >= 0.6 is 11.3 Å². The fraction of sp³-hybridized carbons (Fsp3) is 0.304. The van der Waals surface area contributed by atoms with Gasteiger partial charge in [-0.15, -0.1) is 11.3 Å². The van der Waals surface area contributed by atoms with Crippen LogP contribution in [0.2, 0.25) is 0 Å². The minimum Gasteiger partial charge on any atom is -0.494 e. The summed E-state index contributed by atoms with van der Waals surface area (Å²) in [6, 6.07) is 16.3. The van der Waals surface area contributed by atoms with Gasteiger partial charge in [0.2, 0.25) is 5.91 Å². The molecule has 0 spiro atoms. The molecule has 1 aromatic heterocycles. The molecule has 0 saturated carbocycles. The Balaban J connectivity index is 1.41. The summed E-state index contributed by atoms with van der Waals surface area (Å²) in [6.45, 7) is 6.91. The van der Waals surface area contributed by atoms with Gasteiger partial charge in [0.1, 0.15) is 5.75 Å². The van der Waals surface area contributed by atoms with E-state index in [9.17, 15) is 4.79 Å². The Bertz CT molecular complexity index is 899. The molecule has 3 rings (SSSR count). The van der Waals surface area contributed by atoms with Crippen LogP contribution in [0.1, 0.15) is 43.7 Å². The highest BCUT2D eigenvalue weighted by Gasteiger charge is 2.08. The summed E-state index contributed by atoms with van der Waals surface area (Å²) in [5.41, 5.74) is 4.44. The molecular formula is C23H26N2O2S. The zero-order chi connectivity index (χ0) is 19.9. The van der Waals surface area contributed by atoms with Crippen LogP contribution in [0, 0.1) is 6.92 Å². The smallest absolute Gasteiger partial charge is 0.226 e. The topological polar surface area (TPSA) is 51.2 Å². The summed E-state index contributed by atoms with van der Waals surface area (Å²) in [5.74, 6) is 1.31. The van der Waals surface area contributed by atoms with Crippen LogP contribution in [-0.2, 0) is 4.79 Å². The largest absolute Gasteiger partial charge is 0.494 e. The first-order valence-corrected chi connectivity index (χ1v) is 10.4. The molecule has 1 heterocycles. The minimum absolute atomic E-state index is 0.0384. The number of carbonyl (C=O) groups excluding carboxylic acids is 1. The molecule has 0 atom stereocenters. The fourth-order valence-corrected chi connectivity index (χ4v) is 3.48. The van der Waals surface area contributed by atoms with Gasteiger partial charge in [-0.3, -0.25) is 4.79 Å². The molecular weight excluding hydrogens is 368 g/mol. The Hall–Kier alpha value is -2.66. The van der Waals surface area contributed by atoms with Gasteiger partial charge in [0, 0.05) is 17.4 Å². The monoisotopic (exact) mass is 394 g/mol. The van der Waals surface area contributed by atoms with Crippen LogP contribution in [0.25, 0.3) is 11.3 Å². The van der Waals surface area contributed by atoms with E-state index in [0.29, 0.717) is 30.5 Å². The number of carbonyl (C=O) groups is 1. The number of nitrogens with zero attached hydrogens (tertiary/aromatic N) is 1. The summed E-state index contributed by atoms with van der Waals surface area (Å²) in [6.07, 6.45) is 1.07. The van der Waals surface area contributed by atoms with Crippen molar-refractivity contribution >= 4 is 22.4 Å². The van der Waals surface area contributed by atoms with Crippen molar-refractivity contribution in [2.45, 2.75) is 39.5 Å². The van der Waals surface area contributed by atoms with E-state index in [1.54, 1.807) is 0 Å². The van der Waals surface area contributed by atoms with Crippen LogP contribution in [-0.4, -0.2) is 17.5 Å². The number of aryl methyl sites for hydroxylation is 1. The molecule has 0 saturated heterocycles. The molecule has 2 aromatic carbocycles. The summed E-state index contributed by atoms with van der Waals surface area (Å²) in [4.78, 5) is 16.6. The number of hydrogen-bond acceptors (Lipinski definition) is 4. The van der Waals surface area contributed by atoms with E-state index in [1.165, 1.54) is 22.5 Å². The highest BCUT2D eigenvalue weighted by molar-refractivity contribution is 7.14. The molecule has 1 amide bonds. The van der Waals surface area contributed by atoms with Crippen LogP contribution in [0.4, 0.5) is 5.13 Å². The number of nitrogens with one attached hydrogen (secondary N) is 1. The highest BCUT2D eigenvalue weighted by atomic mass is 32.1. The fourth-order valence-electron chi connectivity index (χ4n) is 2.74. The number of anilines is 1. The van der Waals surface area contributed by atoms with Crippen molar-refractivity contribution in [2.75, 3.05) is 11.9 Å². The van der Waals surface area contributed by atoms with E-state index in [2.05, 4.69) is 55.3 Å². The molecule has 0 unspecified atom stereocenters. The van der Waals surface area contributed by atoms with Crippen molar-refractivity contribution in [3.05, 3.63) is 65.0 Å². The summed E-state index contributed by atoms with van der Waals surface area (Å²) in [7, 11) is 0. The third-order valence-electron chi connectivity index (χ3n) is 4.46. The molecule has 0 aliphatic carbocycles. The van der Waals surface area contributed by atoms with E-state index >= 15 is 0 Å². The number of benzene rings is 2. The van der Waals surface area contributed by atoms with Gasteiger partial charge in [0.05, 0.1) is 12.3 Å². The normalized spacial score (nSPS) is 10.9. The van der Waals surface area contributed by atoms with Gasteiger partial charge < -0.3 is 10.1 Å². The van der Waals surface area contributed by atoms with E-state index in [4.69, 9.17) is 4.74 Å². The zero-order valence-electron chi connectivity index (χ0n) is 16.6. The van der Waals surface area contributed by atoms with Crippen LogP contribution in [0.3, 0.4) is 0 Å². The molecule has 0 bridgehead atoms. The maximum absolute atomic E-state index is 12.1. The van der Waals surface area contributed by atoms with Crippen molar-refractivity contribution in [3.8, 4) is 17.0 Å². The number of hydrogen-bond donors (Lipinski definition) is 1. The Morgan fingerprint density at radius 3 is 2.50 bits per heavy atom. The maximum Gasteiger partial charge on any atom is 0.226 e. The molecule has 28 heavy (non-hydrogen) atoms. The maximum atomic E-state index is 12.1. The van der Waals surface area contributed by atoms with E-state index < -0.39 is 0 Å². The zero-order valence-corrected chi connectivity index (χ0v) is 17.4. The van der Waals surface area contributed by atoms with Gasteiger partial charge in [0.15, 0.2) is 5.13 Å². The number of rotatable bonds is 8. The van der Waals surface area contributed by atoms with Gasteiger partial charge >= 0.3 is 0 Å². The van der Waals surface area contributed by atoms with E-state index in [-0.39, 0.29) is 5.91 Å². The SMILES string of the molecule is Cc1ccc(-c2csc(NC(=O)CCCOc3ccc(C(C)C)cc3)n2)cc1. The van der Waals surface area contributed by atoms with Crippen LogP contribution in [0.15, 0.2) is 53.9 Å². The second-order valence-electron chi connectivity index (χ2n) is 7.13. The number of thiazole rings is 1. The third-order valence-corrected chi connectivity index (χ3v) is 5.22. The second kappa shape index (κ2) is 9.51. The summed E-state index contributed by atoms with van der Waals surface area (Å²) < 4.78 is 5.72. The number of ether oxygens (including phenoxy) is 1. The lowest BCUT2D eigenvalue weighted by atomic mass is 10.0. The van der Waals surface area contributed by atoms with Gasteiger partial charge in [-0.25, -0.2) is 4.98 Å². The average Bonchev–Trinajstić information content (AvgIpc) is 3.14. The average molecular weight is 395 g/mol. The second-order valence-corrected chi connectivity index (χ2v) is 7.99. The quantitative estimate of drug-likeness (QED) is 0.474. The van der Waals surface area contributed by atoms with Crippen molar-refractivity contribution in [2.24, 2.45) is 0 Å². The standard InChI is InChI=1S/C23H26N2O2S/c1-16(2)18-10-12-20(13-11-18)27-14-4-5-22(26)25-23-24-21(15-28-23)19-8-6-17(3)7-9-19/h6-13,15-16H,4-5,14H2,1-3H3,(H,24,25,26). The van der Waals surface area contributed by atoms with Gasteiger partial charge in [-0.1, -0.05) is 55.8 Å². The van der Waals surface area contributed by atoms with Gasteiger partial charge in [-0.2, -0.15) is 0 Å². The summed E-state index contributed by atoms with van der Waals surface area (Å²) >= 11 is 1.44. The lowest BCUT2D eigenvalue weighted by Crippen LogP contribution is -2.12. The molecule has 1 N–H and O–H groups in total. The summed E-state index contributed by atoms with van der Waals surface area (Å²) in [5, 5.41) is 5.47. The van der Waals surface area contributed by atoms with Crippen LogP contribution < -0.4 is 10.1 Å². The number of aromatic nitrogens is 1. The molecule has 5 heteroatoms. The van der Waals surface area contributed by atoms with Gasteiger partial charge in [0.25, 0.3) is 0 Å². The Morgan fingerprint density at radius 1 is 1.11 bits per heavy atom. The minimum atomic E-state index is -0.0384. The van der Waals surface area contributed by atoms with Crippen molar-refractivity contribution in [1.29, 1.82) is 0 Å². The highest BCUT2D eigenvalue weighted by Crippen LogP contribution is 2.25. The first-order chi connectivity index (χ1) is 13.5. The van der Waals surface area contributed by atoms with E-state index in [1.807, 2.05) is 29.6 Å². The molecule has 3 aromatic rings. The van der Waals surface area contributed by atoms with Crippen molar-refractivity contribution in [3.63, 3.8) is 0 Å². The van der Waals surface area contributed by atoms with Crippen molar-refractivity contribution in [1.82, 2.24) is 4.98 Å². The lowest BCUT2D eigenvalue weighted by Gasteiger charge is -2.08. The third kappa shape index (κ3) is 5.67. The predicted octanol–water partition coefficient (Wildman–Crippen LogP) is 6.04. The first-order valence-electron chi connectivity index (χ1n) is 9.56. The Morgan fingerprint density at radius 2 is 1.82 bits per heavy atom. The Kier molecular flexibility index (Phi) is 6.82. The Labute approximate surface area is 170 Å².